The van der Waals surface area contributed by atoms with Crippen molar-refractivity contribution < 1.29 is 0 Å². The van der Waals surface area contributed by atoms with Crippen molar-refractivity contribution in [1.82, 2.24) is 15.0 Å². The largest absolute Gasteiger partial charge is 0.150 e. The maximum absolute atomic E-state index is 6.04. The Morgan fingerprint density at radius 1 is 0.875 bits per heavy atom. The monoisotopic (exact) mass is 229 g/mol. The lowest BCUT2D eigenvalue weighted by atomic mass is 10.3. The van der Waals surface area contributed by atoms with Gasteiger partial charge in [0.25, 0.3) is 0 Å². The van der Waals surface area contributed by atoms with E-state index in [2.05, 4.69) is 10.2 Å². The van der Waals surface area contributed by atoms with E-state index < -0.39 is 0 Å². The van der Waals surface area contributed by atoms with Gasteiger partial charge in [-0.25, -0.2) is 0 Å². The predicted molar refractivity (Wildman–Crippen MR) is 63.9 cm³/mol. The first-order chi connectivity index (χ1) is 7.84. The first kappa shape index (κ1) is 9.36. The summed E-state index contributed by atoms with van der Waals surface area (Å²) in [5, 5.41) is 9.35. The van der Waals surface area contributed by atoms with E-state index in [1.165, 1.54) is 0 Å². The number of aromatic nitrogens is 3. The smallest absolute Gasteiger partial charge is 0.132 e. The van der Waals surface area contributed by atoms with Gasteiger partial charge in [-0.05, 0) is 24.3 Å². The third kappa shape index (κ3) is 1.46. The number of rotatable bonds is 1. The Morgan fingerprint density at radius 3 is 2.44 bits per heavy atom. The molecule has 0 saturated heterocycles. The van der Waals surface area contributed by atoms with Gasteiger partial charge in [-0.1, -0.05) is 35.9 Å². The average Bonchev–Trinajstić information content (AvgIpc) is 2.76. The van der Waals surface area contributed by atoms with Gasteiger partial charge in [0.1, 0.15) is 11.0 Å². The highest BCUT2D eigenvalue weighted by molar-refractivity contribution is 6.34. The molecule has 0 aliphatic heterocycles. The third-order valence-electron chi connectivity index (χ3n) is 2.35. The number of hydrogen-bond donors (Lipinski definition) is 0. The summed E-state index contributed by atoms with van der Waals surface area (Å²) < 4.78 is 0. The molecule has 0 radical (unpaired) electrons. The van der Waals surface area contributed by atoms with Crippen LogP contribution in [0.1, 0.15) is 0 Å². The van der Waals surface area contributed by atoms with Crippen LogP contribution < -0.4 is 0 Å². The van der Waals surface area contributed by atoms with Crippen molar-refractivity contribution in [2.45, 2.75) is 0 Å². The van der Waals surface area contributed by atoms with Crippen molar-refractivity contribution >= 4 is 22.6 Å². The van der Waals surface area contributed by atoms with E-state index in [9.17, 15) is 0 Å². The fourth-order valence-electron chi connectivity index (χ4n) is 1.58. The summed E-state index contributed by atoms with van der Waals surface area (Å²) in [6.07, 6.45) is 0. The van der Waals surface area contributed by atoms with E-state index in [0.717, 1.165) is 16.7 Å². The highest BCUT2D eigenvalue weighted by Crippen LogP contribution is 2.20. The van der Waals surface area contributed by atoms with Gasteiger partial charge in [0.15, 0.2) is 0 Å². The first-order valence-corrected chi connectivity index (χ1v) is 5.29. The molecule has 0 fully saturated rings. The number of hydrogen-bond acceptors (Lipinski definition) is 2. The molecule has 0 spiro atoms. The minimum Gasteiger partial charge on any atom is -0.150 e. The van der Waals surface area contributed by atoms with Crippen molar-refractivity contribution in [2.24, 2.45) is 0 Å². The number of para-hydroxylation sites is 1. The first-order valence-electron chi connectivity index (χ1n) is 4.91. The summed E-state index contributed by atoms with van der Waals surface area (Å²) >= 11 is 6.04. The summed E-state index contributed by atoms with van der Waals surface area (Å²) in [6.45, 7) is 0. The number of benzene rings is 2. The van der Waals surface area contributed by atoms with Gasteiger partial charge in [0.2, 0.25) is 0 Å². The minimum atomic E-state index is 0.625. The molecule has 2 aromatic carbocycles. The highest BCUT2D eigenvalue weighted by Gasteiger charge is 2.06. The lowest BCUT2D eigenvalue weighted by Crippen LogP contribution is -1.97. The Bertz CT molecular complexity index is 631. The second kappa shape index (κ2) is 3.61. The number of fused-ring (bicyclic) bond motifs is 1. The zero-order valence-corrected chi connectivity index (χ0v) is 9.09. The Kier molecular flexibility index (Phi) is 2.11. The van der Waals surface area contributed by atoms with Crippen LogP contribution in [0.4, 0.5) is 0 Å². The average molecular weight is 230 g/mol. The van der Waals surface area contributed by atoms with Gasteiger partial charge in [0.05, 0.1) is 10.7 Å². The molecule has 0 unspecified atom stereocenters. The van der Waals surface area contributed by atoms with Crippen LogP contribution in [0.15, 0.2) is 48.5 Å². The maximum Gasteiger partial charge on any atom is 0.132 e. The second-order valence-electron chi connectivity index (χ2n) is 3.43. The van der Waals surface area contributed by atoms with Crippen LogP contribution in [0.5, 0.6) is 0 Å². The molecule has 0 bridgehead atoms. The van der Waals surface area contributed by atoms with E-state index in [0.29, 0.717) is 5.02 Å². The van der Waals surface area contributed by atoms with Crippen LogP contribution >= 0.6 is 11.6 Å². The van der Waals surface area contributed by atoms with E-state index in [4.69, 9.17) is 11.6 Å². The van der Waals surface area contributed by atoms with Crippen LogP contribution in [-0.4, -0.2) is 15.0 Å². The summed E-state index contributed by atoms with van der Waals surface area (Å²) in [6, 6.07) is 15.3. The molecule has 0 amide bonds. The predicted octanol–water partition coefficient (Wildman–Crippen LogP) is 3.07. The lowest BCUT2D eigenvalue weighted by Gasteiger charge is -1.96. The van der Waals surface area contributed by atoms with Gasteiger partial charge in [-0.2, -0.15) is 4.80 Å². The van der Waals surface area contributed by atoms with Crippen molar-refractivity contribution in [3.05, 3.63) is 53.6 Å². The van der Waals surface area contributed by atoms with Gasteiger partial charge >= 0.3 is 0 Å². The molecule has 0 N–H and O–H groups in total. The van der Waals surface area contributed by atoms with E-state index in [-0.39, 0.29) is 0 Å². The van der Waals surface area contributed by atoms with Crippen LogP contribution in [0.3, 0.4) is 0 Å². The Labute approximate surface area is 97.3 Å². The van der Waals surface area contributed by atoms with Crippen LogP contribution in [-0.2, 0) is 0 Å². The summed E-state index contributed by atoms with van der Waals surface area (Å²) in [5.41, 5.74) is 2.46. The normalized spacial score (nSPS) is 10.8. The van der Waals surface area contributed by atoms with Crippen molar-refractivity contribution in [3.63, 3.8) is 0 Å². The molecule has 3 aromatic rings. The molecule has 3 rings (SSSR count). The van der Waals surface area contributed by atoms with Crippen molar-refractivity contribution in [3.8, 4) is 5.69 Å². The Hall–Kier alpha value is -1.87. The topological polar surface area (TPSA) is 30.7 Å². The summed E-state index contributed by atoms with van der Waals surface area (Å²) in [4.78, 5) is 1.59. The summed E-state index contributed by atoms with van der Waals surface area (Å²) in [7, 11) is 0. The summed E-state index contributed by atoms with van der Waals surface area (Å²) in [5.74, 6) is 0. The van der Waals surface area contributed by atoms with E-state index >= 15 is 0 Å². The highest BCUT2D eigenvalue weighted by atomic mass is 35.5. The fraction of sp³-hybridized carbons (Fsp3) is 0. The van der Waals surface area contributed by atoms with Crippen molar-refractivity contribution in [1.29, 1.82) is 0 Å². The number of nitrogens with zero attached hydrogens (tertiary/aromatic N) is 3. The zero-order valence-electron chi connectivity index (χ0n) is 8.34. The standard InChI is InChI=1S/C12H8ClN3/c13-10-7-4-8-11-12(10)15-16(14-11)9-5-2-1-3-6-9/h1-8H. The molecule has 0 saturated carbocycles. The fourth-order valence-corrected chi connectivity index (χ4v) is 1.79. The molecule has 3 nitrogen and oxygen atoms in total. The van der Waals surface area contributed by atoms with E-state index in [1.54, 1.807) is 4.80 Å². The molecule has 0 atom stereocenters. The van der Waals surface area contributed by atoms with Gasteiger partial charge in [0, 0.05) is 0 Å². The third-order valence-corrected chi connectivity index (χ3v) is 2.65. The molecule has 0 aliphatic rings. The molecule has 78 valence electrons. The SMILES string of the molecule is Clc1cccc2nn(-c3ccccc3)nc12. The van der Waals surface area contributed by atoms with Crippen LogP contribution in [0.25, 0.3) is 16.7 Å². The van der Waals surface area contributed by atoms with Gasteiger partial charge in [-0.3, -0.25) is 0 Å². The zero-order chi connectivity index (χ0) is 11.0. The quantitative estimate of drug-likeness (QED) is 0.642. The minimum absolute atomic E-state index is 0.625. The molecule has 0 aliphatic carbocycles. The maximum atomic E-state index is 6.04. The van der Waals surface area contributed by atoms with Crippen molar-refractivity contribution in [2.75, 3.05) is 0 Å². The van der Waals surface area contributed by atoms with Crippen LogP contribution in [0.2, 0.25) is 5.02 Å². The lowest BCUT2D eigenvalue weighted by molar-refractivity contribution is 0.766. The molecule has 1 heterocycles. The van der Waals surface area contributed by atoms with Crippen LogP contribution in [0, 0.1) is 0 Å². The molecule has 4 heteroatoms. The van der Waals surface area contributed by atoms with Gasteiger partial charge in [-0.15, -0.1) is 10.2 Å². The van der Waals surface area contributed by atoms with Gasteiger partial charge < -0.3 is 0 Å². The Morgan fingerprint density at radius 2 is 1.69 bits per heavy atom. The molecule has 16 heavy (non-hydrogen) atoms. The number of halogens is 1. The van der Waals surface area contributed by atoms with E-state index in [1.807, 2.05) is 48.5 Å². The second-order valence-corrected chi connectivity index (χ2v) is 3.84. The molecular weight excluding hydrogens is 222 g/mol. The molecular formula is C12H8ClN3. The molecule has 1 aromatic heterocycles. The Balaban J connectivity index is 2.23.